The molecule has 0 fully saturated rings. The predicted octanol–water partition coefficient (Wildman–Crippen LogP) is 3.83. The van der Waals surface area contributed by atoms with Gasteiger partial charge in [-0.3, -0.25) is 14.3 Å². The van der Waals surface area contributed by atoms with Crippen molar-refractivity contribution in [3.63, 3.8) is 0 Å². The second-order valence-electron chi connectivity index (χ2n) is 9.05. The highest BCUT2D eigenvalue weighted by atomic mass is 35.5. The molecule has 1 N–H and O–H groups in total. The van der Waals surface area contributed by atoms with Crippen LogP contribution >= 0.6 is 11.6 Å². The summed E-state index contributed by atoms with van der Waals surface area (Å²) in [6, 6.07) is 4.90. The molecule has 0 saturated heterocycles. The summed E-state index contributed by atoms with van der Waals surface area (Å²) in [5, 5.41) is 23.7. The Balaban J connectivity index is 1.72. The molecular formula is C25H22ClF2N5O5. The van der Waals surface area contributed by atoms with Gasteiger partial charge in [-0.15, -0.1) is 0 Å². The number of quaternary nitrogens is 1. The van der Waals surface area contributed by atoms with Gasteiger partial charge in [0.25, 0.3) is 5.56 Å². The summed E-state index contributed by atoms with van der Waals surface area (Å²) in [7, 11) is 0. The number of aryl methyl sites for hydroxylation is 1. The Labute approximate surface area is 220 Å². The van der Waals surface area contributed by atoms with Crippen molar-refractivity contribution >= 4 is 29.0 Å². The van der Waals surface area contributed by atoms with Crippen LogP contribution < -0.4 is 10.2 Å². The first-order chi connectivity index (χ1) is 17.7. The van der Waals surface area contributed by atoms with Gasteiger partial charge < -0.3 is 15.1 Å². The number of aliphatic imine (C=N–C) groups is 1. The second-order valence-corrected chi connectivity index (χ2v) is 9.43. The van der Waals surface area contributed by atoms with Crippen LogP contribution in [0.15, 0.2) is 63.6 Å². The van der Waals surface area contributed by atoms with E-state index in [9.17, 15) is 28.7 Å². The molecule has 1 atom stereocenters. The van der Waals surface area contributed by atoms with E-state index in [0.29, 0.717) is 11.6 Å². The zero-order valence-corrected chi connectivity index (χ0v) is 21.5. The number of rotatable bonds is 6. The number of aromatic nitrogens is 3. The van der Waals surface area contributed by atoms with Crippen molar-refractivity contribution < 1.29 is 23.4 Å². The lowest BCUT2D eigenvalue weighted by Gasteiger charge is -2.40. The van der Waals surface area contributed by atoms with Gasteiger partial charge in [-0.1, -0.05) is 11.6 Å². The van der Waals surface area contributed by atoms with Crippen LogP contribution in [0.5, 0.6) is 0 Å². The number of hydrogen-bond donors (Lipinski definition) is 1. The zero-order valence-electron chi connectivity index (χ0n) is 20.7. The van der Waals surface area contributed by atoms with Crippen LogP contribution in [0.25, 0.3) is 5.82 Å². The lowest BCUT2D eigenvalue weighted by Crippen LogP contribution is -2.55. The molecule has 10 nitrogen and oxygen atoms in total. The van der Waals surface area contributed by atoms with Gasteiger partial charge in [-0.2, -0.15) is 4.99 Å². The van der Waals surface area contributed by atoms with Gasteiger partial charge in [-0.05, 0) is 32.9 Å². The number of amidine groups is 1. The fourth-order valence-corrected chi connectivity index (χ4v) is 4.04. The van der Waals surface area contributed by atoms with Crippen LogP contribution in [-0.4, -0.2) is 31.4 Å². The lowest BCUT2D eigenvalue weighted by molar-refractivity contribution is -0.121. The number of amides is 1. The molecule has 0 radical (unpaired) electrons. The van der Waals surface area contributed by atoms with Crippen LogP contribution in [-0.2, 0) is 21.7 Å². The van der Waals surface area contributed by atoms with Crippen LogP contribution in [0.1, 0.15) is 37.6 Å². The fraction of sp³-hybridized carbons (Fsp3) is 0.240. The van der Waals surface area contributed by atoms with Crippen molar-refractivity contribution in [1.29, 1.82) is 0 Å². The van der Waals surface area contributed by atoms with Crippen LogP contribution in [0.2, 0.25) is 0 Å². The van der Waals surface area contributed by atoms with E-state index in [1.165, 1.54) is 51.4 Å². The van der Waals surface area contributed by atoms with E-state index in [2.05, 4.69) is 15.0 Å². The monoisotopic (exact) mass is 545 g/mol. The molecule has 0 bridgehead atoms. The Morgan fingerprint density at radius 3 is 2.55 bits per heavy atom. The molecule has 198 valence electrons. The smallest absolute Gasteiger partial charge is 0.374 e. The van der Waals surface area contributed by atoms with Crippen molar-refractivity contribution in [2.24, 2.45) is 4.99 Å². The number of halogens is 3. The Hall–Kier alpha value is -3.84. The quantitative estimate of drug-likeness (QED) is 0.368. The molecule has 1 unspecified atom stereocenters. The third-order valence-corrected chi connectivity index (χ3v) is 6.19. The summed E-state index contributed by atoms with van der Waals surface area (Å²) in [5.74, 6) is -3.66. The molecule has 3 aromatic heterocycles. The van der Waals surface area contributed by atoms with Gasteiger partial charge in [0.05, 0.1) is 11.8 Å². The van der Waals surface area contributed by atoms with E-state index in [4.69, 9.17) is 16.3 Å². The fourth-order valence-electron chi connectivity index (χ4n) is 3.82. The van der Waals surface area contributed by atoms with Gasteiger partial charge in [0.2, 0.25) is 16.8 Å². The highest BCUT2D eigenvalue weighted by Crippen LogP contribution is 2.35. The van der Waals surface area contributed by atoms with Gasteiger partial charge >= 0.3 is 5.91 Å². The lowest BCUT2D eigenvalue weighted by atomic mass is 10.0. The Bertz CT molecular complexity index is 1580. The van der Waals surface area contributed by atoms with Crippen molar-refractivity contribution in [2.45, 2.75) is 39.9 Å². The second kappa shape index (κ2) is 9.80. The van der Waals surface area contributed by atoms with Crippen molar-refractivity contribution in [3.05, 3.63) is 97.8 Å². The van der Waals surface area contributed by atoms with E-state index in [0.717, 1.165) is 10.8 Å². The summed E-state index contributed by atoms with van der Waals surface area (Å²) in [6.45, 7) is 5.23. The SMILES string of the molecule is CC1=NC(OCc2ncc(F)cc2F)=C(Cl)C(=O)[N+]1([O-])c1cc(-n2cccc(C(C)(C)O)c2=O)ncc1C. The third-order valence-electron chi connectivity index (χ3n) is 5.86. The Morgan fingerprint density at radius 1 is 1.18 bits per heavy atom. The average Bonchev–Trinajstić information content (AvgIpc) is 2.85. The van der Waals surface area contributed by atoms with Crippen LogP contribution in [0, 0.1) is 23.8 Å². The van der Waals surface area contributed by atoms with Gasteiger partial charge in [0.1, 0.15) is 23.9 Å². The van der Waals surface area contributed by atoms with Crippen LogP contribution in [0.4, 0.5) is 14.5 Å². The molecule has 0 aliphatic carbocycles. The maximum atomic E-state index is 14.0. The van der Waals surface area contributed by atoms with E-state index in [1.54, 1.807) is 6.92 Å². The number of carbonyl (C=O) groups excluding carboxylic acids is 1. The van der Waals surface area contributed by atoms with E-state index >= 15 is 0 Å². The zero-order chi connectivity index (χ0) is 28.0. The number of hydroxylamine groups is 2. The molecule has 0 spiro atoms. The summed E-state index contributed by atoms with van der Waals surface area (Å²) in [5.41, 5.74) is -1.96. The largest absolute Gasteiger partial charge is 0.613 e. The van der Waals surface area contributed by atoms with Crippen molar-refractivity contribution in [3.8, 4) is 5.82 Å². The predicted molar refractivity (Wildman–Crippen MR) is 135 cm³/mol. The molecule has 1 aliphatic heterocycles. The minimum atomic E-state index is -1.73. The highest BCUT2D eigenvalue weighted by molar-refractivity contribution is 6.46. The van der Waals surface area contributed by atoms with E-state index in [1.807, 2.05) is 0 Å². The van der Waals surface area contributed by atoms with Gasteiger partial charge in [0, 0.05) is 42.6 Å². The average molecular weight is 546 g/mol. The Morgan fingerprint density at radius 2 is 1.89 bits per heavy atom. The molecule has 0 aromatic carbocycles. The van der Waals surface area contributed by atoms with Gasteiger partial charge in [-0.25, -0.2) is 23.2 Å². The molecule has 3 aromatic rings. The Kier molecular flexibility index (Phi) is 7.01. The summed E-state index contributed by atoms with van der Waals surface area (Å²) in [4.78, 5) is 38.2. The van der Waals surface area contributed by atoms with Gasteiger partial charge in [0.15, 0.2) is 11.5 Å². The van der Waals surface area contributed by atoms with Crippen molar-refractivity contribution in [2.75, 3.05) is 0 Å². The van der Waals surface area contributed by atoms with E-state index in [-0.39, 0.29) is 28.6 Å². The van der Waals surface area contributed by atoms with Crippen LogP contribution in [0.3, 0.4) is 0 Å². The molecule has 4 heterocycles. The molecule has 1 aliphatic rings. The molecular weight excluding hydrogens is 524 g/mol. The maximum absolute atomic E-state index is 14.0. The number of aliphatic hydroxyl groups is 1. The number of hydrogen-bond acceptors (Lipinski definition) is 8. The first kappa shape index (κ1) is 27.2. The highest BCUT2D eigenvalue weighted by Gasteiger charge is 2.43. The first-order valence-corrected chi connectivity index (χ1v) is 11.6. The number of pyridine rings is 3. The molecule has 4 rings (SSSR count). The van der Waals surface area contributed by atoms with Crippen molar-refractivity contribution in [1.82, 2.24) is 19.2 Å². The summed E-state index contributed by atoms with van der Waals surface area (Å²) >= 11 is 6.18. The summed E-state index contributed by atoms with van der Waals surface area (Å²) < 4.78 is 31.8. The molecule has 38 heavy (non-hydrogen) atoms. The number of nitrogens with zero attached hydrogens (tertiary/aromatic N) is 5. The number of carbonyl (C=O) groups is 1. The summed E-state index contributed by atoms with van der Waals surface area (Å²) in [6.07, 6.45) is 3.53. The normalized spacial score (nSPS) is 18.0. The number of ether oxygens (including phenoxy) is 1. The standard InChI is InChI=1S/C25H22ClF2N5O5/c1-13-10-30-20(32-7-5-6-16(23(32)34)25(3,4)36)9-19(13)33(37)14(2)31-22(21(26)24(33)35)38-12-18-17(28)8-15(27)11-29-18/h5-11,36H,12H2,1-4H3. The molecule has 0 saturated carbocycles. The van der Waals surface area contributed by atoms with E-state index < -0.39 is 50.9 Å². The molecule has 13 heteroatoms. The third kappa shape index (κ3) is 4.74. The maximum Gasteiger partial charge on any atom is 0.374 e. The first-order valence-electron chi connectivity index (χ1n) is 11.2. The minimum Gasteiger partial charge on any atom is -0.613 e. The molecule has 1 amide bonds. The topological polar surface area (TPSA) is 130 Å². The minimum absolute atomic E-state index is 0.0238.